The lowest BCUT2D eigenvalue weighted by Crippen LogP contribution is -2.24. The van der Waals surface area contributed by atoms with E-state index in [2.05, 4.69) is 30.6 Å². The number of hydrogen-bond donors (Lipinski definition) is 3. The largest absolute Gasteiger partial charge is 0.511 e. The van der Waals surface area contributed by atoms with E-state index < -0.39 is 6.04 Å². The van der Waals surface area contributed by atoms with E-state index in [1.165, 1.54) is 5.56 Å². The fourth-order valence-corrected chi connectivity index (χ4v) is 1.82. The lowest BCUT2D eigenvalue weighted by Gasteiger charge is -2.08. The first kappa shape index (κ1) is 10.8. The summed E-state index contributed by atoms with van der Waals surface area (Å²) in [7, 11) is 0. The quantitative estimate of drug-likeness (QED) is 0.690. The van der Waals surface area contributed by atoms with Crippen molar-refractivity contribution < 1.29 is 5.11 Å². The van der Waals surface area contributed by atoms with Gasteiger partial charge in [0, 0.05) is 17.1 Å². The van der Waals surface area contributed by atoms with E-state index >= 15 is 0 Å². The summed E-state index contributed by atoms with van der Waals surface area (Å²) in [6.45, 7) is 5.51. The molecule has 0 amide bonds. The fourth-order valence-electron chi connectivity index (χ4n) is 1.82. The van der Waals surface area contributed by atoms with Gasteiger partial charge in [-0.25, -0.2) is 0 Å². The Bertz CT molecular complexity index is 528. The van der Waals surface area contributed by atoms with E-state index in [1.807, 2.05) is 12.3 Å². The molecule has 1 unspecified atom stereocenters. The highest BCUT2D eigenvalue weighted by atomic mass is 16.3. The van der Waals surface area contributed by atoms with Crippen molar-refractivity contribution >= 4 is 10.9 Å². The van der Waals surface area contributed by atoms with Crippen LogP contribution in [0, 0.1) is 6.92 Å². The Morgan fingerprint density at radius 1 is 1.56 bits per heavy atom. The van der Waals surface area contributed by atoms with Gasteiger partial charge in [0.15, 0.2) is 0 Å². The van der Waals surface area contributed by atoms with Gasteiger partial charge in [-0.2, -0.15) is 0 Å². The Hall–Kier alpha value is -1.74. The average molecular weight is 216 g/mol. The average Bonchev–Trinajstić information content (AvgIpc) is 2.61. The van der Waals surface area contributed by atoms with Crippen LogP contribution in [-0.2, 0) is 6.42 Å². The van der Waals surface area contributed by atoms with Crippen LogP contribution in [0.2, 0.25) is 0 Å². The zero-order valence-corrected chi connectivity index (χ0v) is 9.33. The Balaban J connectivity index is 2.37. The number of aromatic amines is 1. The van der Waals surface area contributed by atoms with Crippen LogP contribution in [0.4, 0.5) is 0 Å². The molecule has 0 spiro atoms. The Morgan fingerprint density at radius 3 is 3.00 bits per heavy atom. The molecule has 84 valence electrons. The number of fused-ring (bicyclic) bond motifs is 1. The third kappa shape index (κ3) is 1.95. The van der Waals surface area contributed by atoms with Crippen LogP contribution in [0.5, 0.6) is 0 Å². The maximum Gasteiger partial charge on any atom is 0.102 e. The zero-order valence-electron chi connectivity index (χ0n) is 9.33. The summed E-state index contributed by atoms with van der Waals surface area (Å²) in [6.07, 6.45) is 2.53. The first-order valence-corrected chi connectivity index (χ1v) is 5.28. The van der Waals surface area contributed by atoms with E-state index in [0.717, 1.165) is 16.5 Å². The van der Waals surface area contributed by atoms with Crippen molar-refractivity contribution in [3.8, 4) is 0 Å². The predicted octanol–water partition coefficient (Wildman–Crippen LogP) is 2.42. The third-order valence-corrected chi connectivity index (χ3v) is 2.79. The maximum atomic E-state index is 9.22. The van der Waals surface area contributed by atoms with Gasteiger partial charge in [-0.15, -0.1) is 0 Å². The number of nitrogens with two attached hydrogens (primary N) is 1. The smallest absolute Gasteiger partial charge is 0.102 e. The summed E-state index contributed by atoms with van der Waals surface area (Å²) < 4.78 is 0. The zero-order chi connectivity index (χ0) is 11.7. The number of aliphatic hydroxyl groups is 1. The lowest BCUT2D eigenvalue weighted by molar-refractivity contribution is 0.369. The van der Waals surface area contributed by atoms with Crippen LogP contribution in [0.25, 0.3) is 10.9 Å². The Morgan fingerprint density at radius 2 is 2.31 bits per heavy atom. The van der Waals surface area contributed by atoms with Gasteiger partial charge in [0.1, 0.15) is 5.76 Å². The number of aryl methyl sites for hydroxylation is 1. The maximum absolute atomic E-state index is 9.22. The highest BCUT2D eigenvalue weighted by Crippen LogP contribution is 2.21. The van der Waals surface area contributed by atoms with Crippen molar-refractivity contribution in [1.82, 2.24) is 4.98 Å². The van der Waals surface area contributed by atoms with Crippen molar-refractivity contribution in [2.24, 2.45) is 5.73 Å². The molecule has 16 heavy (non-hydrogen) atoms. The minimum atomic E-state index is -0.403. The Kier molecular flexibility index (Phi) is 2.71. The fraction of sp³-hybridized carbons (Fsp3) is 0.231. The third-order valence-electron chi connectivity index (χ3n) is 2.79. The van der Waals surface area contributed by atoms with Crippen LogP contribution in [0.1, 0.15) is 11.1 Å². The van der Waals surface area contributed by atoms with Gasteiger partial charge in [0.25, 0.3) is 0 Å². The molecule has 1 aromatic carbocycles. The van der Waals surface area contributed by atoms with Crippen LogP contribution < -0.4 is 5.73 Å². The first-order valence-electron chi connectivity index (χ1n) is 5.28. The van der Waals surface area contributed by atoms with E-state index in [4.69, 9.17) is 5.73 Å². The summed E-state index contributed by atoms with van der Waals surface area (Å²) in [5.41, 5.74) is 9.19. The number of aliphatic hydroxyl groups excluding tert-OH is 1. The molecule has 0 bridgehead atoms. The van der Waals surface area contributed by atoms with Crippen LogP contribution >= 0.6 is 0 Å². The molecule has 2 rings (SSSR count). The molecular weight excluding hydrogens is 200 g/mol. The van der Waals surface area contributed by atoms with Crippen LogP contribution in [0.3, 0.4) is 0 Å². The number of H-pyrrole nitrogens is 1. The molecule has 2 aromatic rings. The van der Waals surface area contributed by atoms with Crippen molar-refractivity contribution in [1.29, 1.82) is 0 Å². The molecule has 3 nitrogen and oxygen atoms in total. The first-order chi connectivity index (χ1) is 7.58. The molecule has 0 saturated carbocycles. The Labute approximate surface area is 94.6 Å². The molecule has 1 atom stereocenters. The minimum Gasteiger partial charge on any atom is -0.511 e. The van der Waals surface area contributed by atoms with Gasteiger partial charge in [0.05, 0.1) is 6.04 Å². The number of rotatable bonds is 3. The number of nitrogens with one attached hydrogen (secondary N) is 1. The van der Waals surface area contributed by atoms with Gasteiger partial charge in [-0.05, 0) is 31.0 Å². The van der Waals surface area contributed by atoms with Crippen molar-refractivity contribution in [2.45, 2.75) is 19.4 Å². The molecular formula is C13H16N2O. The SMILES string of the molecule is C=C(O)C(N)Cc1c[nH]c2ccc(C)cc12. The van der Waals surface area contributed by atoms with E-state index in [1.54, 1.807) is 0 Å². The molecule has 0 aliphatic heterocycles. The van der Waals surface area contributed by atoms with Gasteiger partial charge in [-0.1, -0.05) is 18.2 Å². The molecule has 3 heteroatoms. The van der Waals surface area contributed by atoms with Crippen LogP contribution in [-0.4, -0.2) is 16.1 Å². The van der Waals surface area contributed by atoms with Crippen molar-refractivity contribution in [3.05, 3.63) is 47.9 Å². The summed E-state index contributed by atoms with van der Waals surface area (Å²) >= 11 is 0. The summed E-state index contributed by atoms with van der Waals surface area (Å²) in [5.74, 6) is 0.0296. The molecule has 0 radical (unpaired) electrons. The molecule has 0 saturated heterocycles. The van der Waals surface area contributed by atoms with Gasteiger partial charge in [-0.3, -0.25) is 0 Å². The van der Waals surface area contributed by atoms with E-state index in [9.17, 15) is 5.11 Å². The predicted molar refractivity (Wildman–Crippen MR) is 66.5 cm³/mol. The summed E-state index contributed by atoms with van der Waals surface area (Å²) in [4.78, 5) is 3.19. The summed E-state index contributed by atoms with van der Waals surface area (Å²) in [6, 6.07) is 5.83. The normalized spacial score (nSPS) is 12.9. The van der Waals surface area contributed by atoms with E-state index in [0.29, 0.717) is 6.42 Å². The summed E-state index contributed by atoms with van der Waals surface area (Å²) in [5, 5.41) is 10.4. The molecule has 1 heterocycles. The minimum absolute atomic E-state index is 0.0296. The topological polar surface area (TPSA) is 62.0 Å². The standard InChI is InChI=1S/C13H16N2O/c1-8-3-4-13-11(5-8)10(7-15-13)6-12(14)9(2)16/h3-5,7,12,15-16H,2,6,14H2,1H3. The van der Waals surface area contributed by atoms with E-state index in [-0.39, 0.29) is 5.76 Å². The second kappa shape index (κ2) is 4.02. The highest BCUT2D eigenvalue weighted by Gasteiger charge is 2.10. The number of hydrogen-bond acceptors (Lipinski definition) is 2. The number of benzene rings is 1. The number of aromatic nitrogens is 1. The second-order valence-corrected chi connectivity index (χ2v) is 4.16. The van der Waals surface area contributed by atoms with Crippen LogP contribution in [0.15, 0.2) is 36.7 Å². The second-order valence-electron chi connectivity index (χ2n) is 4.16. The van der Waals surface area contributed by atoms with Gasteiger partial charge >= 0.3 is 0 Å². The van der Waals surface area contributed by atoms with Gasteiger partial charge < -0.3 is 15.8 Å². The molecule has 0 aliphatic rings. The van der Waals surface area contributed by atoms with Gasteiger partial charge in [0.2, 0.25) is 0 Å². The molecule has 1 aromatic heterocycles. The highest BCUT2D eigenvalue weighted by molar-refractivity contribution is 5.83. The molecule has 0 aliphatic carbocycles. The lowest BCUT2D eigenvalue weighted by atomic mass is 10.0. The van der Waals surface area contributed by atoms with Crippen molar-refractivity contribution in [2.75, 3.05) is 0 Å². The molecule has 0 fully saturated rings. The van der Waals surface area contributed by atoms with Crippen molar-refractivity contribution in [3.63, 3.8) is 0 Å². The monoisotopic (exact) mass is 216 g/mol. The molecule has 4 N–H and O–H groups in total.